The van der Waals surface area contributed by atoms with Crippen LogP contribution in [0.5, 0.6) is 5.75 Å². The molecule has 144 valence electrons. The van der Waals surface area contributed by atoms with Crippen LogP contribution in [0.15, 0.2) is 36.5 Å². The predicted molar refractivity (Wildman–Crippen MR) is 106 cm³/mol. The van der Waals surface area contributed by atoms with E-state index >= 15 is 0 Å². The van der Waals surface area contributed by atoms with Gasteiger partial charge in [0.05, 0.1) is 24.5 Å². The highest BCUT2D eigenvalue weighted by molar-refractivity contribution is 5.78. The fourth-order valence-electron chi connectivity index (χ4n) is 4.80. The molecule has 1 aromatic carbocycles. The Morgan fingerprint density at radius 1 is 1.29 bits per heavy atom. The van der Waals surface area contributed by atoms with E-state index in [9.17, 15) is 4.79 Å². The molecule has 28 heavy (non-hydrogen) atoms. The van der Waals surface area contributed by atoms with Crippen LogP contribution in [-0.4, -0.2) is 38.6 Å². The van der Waals surface area contributed by atoms with E-state index < -0.39 is 0 Å². The third kappa shape index (κ3) is 2.51. The van der Waals surface area contributed by atoms with Gasteiger partial charge in [0, 0.05) is 42.3 Å². The molecule has 2 aromatic heterocycles. The van der Waals surface area contributed by atoms with Crippen LogP contribution in [0.3, 0.4) is 0 Å². The summed E-state index contributed by atoms with van der Waals surface area (Å²) in [7, 11) is 1.67. The van der Waals surface area contributed by atoms with Gasteiger partial charge in [-0.25, -0.2) is 9.50 Å². The van der Waals surface area contributed by atoms with Crippen molar-refractivity contribution in [2.24, 2.45) is 0 Å². The first-order valence-corrected chi connectivity index (χ1v) is 10.0. The summed E-state index contributed by atoms with van der Waals surface area (Å²) in [5.74, 6) is 1.08. The molecule has 0 spiro atoms. The van der Waals surface area contributed by atoms with E-state index in [1.807, 2.05) is 41.0 Å². The van der Waals surface area contributed by atoms with Crippen molar-refractivity contribution in [1.29, 1.82) is 0 Å². The number of carbonyl (C=O) groups is 1. The maximum atomic E-state index is 12.7. The Morgan fingerprint density at radius 2 is 2.14 bits per heavy atom. The van der Waals surface area contributed by atoms with Crippen LogP contribution < -0.4 is 4.74 Å². The van der Waals surface area contributed by atoms with Gasteiger partial charge in [-0.15, -0.1) is 0 Å². The summed E-state index contributed by atoms with van der Waals surface area (Å²) >= 11 is 0. The van der Waals surface area contributed by atoms with Crippen LogP contribution >= 0.6 is 0 Å². The molecule has 0 unspecified atom stereocenters. The lowest BCUT2D eigenvalue weighted by Gasteiger charge is -2.36. The minimum absolute atomic E-state index is 0.142. The van der Waals surface area contributed by atoms with E-state index in [2.05, 4.69) is 16.8 Å². The normalized spacial score (nSPS) is 20.4. The molecule has 6 heteroatoms. The van der Waals surface area contributed by atoms with Gasteiger partial charge in [-0.2, -0.15) is 5.10 Å². The summed E-state index contributed by atoms with van der Waals surface area (Å²) in [6, 6.07) is 10.3. The van der Waals surface area contributed by atoms with Crippen molar-refractivity contribution >= 4 is 11.6 Å². The Morgan fingerprint density at radius 3 is 2.96 bits per heavy atom. The van der Waals surface area contributed by atoms with E-state index in [1.54, 1.807) is 7.11 Å². The number of amides is 1. The molecule has 2 atom stereocenters. The molecule has 2 aliphatic rings. The molecule has 3 aromatic rings. The first kappa shape index (κ1) is 17.2. The Balaban J connectivity index is 1.60. The number of aromatic nitrogens is 3. The number of hydrogen-bond acceptors (Lipinski definition) is 4. The van der Waals surface area contributed by atoms with Gasteiger partial charge in [0.25, 0.3) is 0 Å². The molecular weight excluding hydrogens is 352 g/mol. The SMILES string of the molecule is CCCC(=O)N1[C@@H]2CC[C@H]1c1cnc3cc(-c4ccccc4OC)nn3c1C2. The van der Waals surface area contributed by atoms with E-state index in [4.69, 9.17) is 9.84 Å². The molecule has 4 heterocycles. The topological polar surface area (TPSA) is 59.7 Å². The van der Waals surface area contributed by atoms with E-state index in [1.165, 1.54) is 5.69 Å². The maximum Gasteiger partial charge on any atom is 0.223 e. The number of ether oxygens (including phenoxy) is 1. The Hall–Kier alpha value is -2.89. The summed E-state index contributed by atoms with van der Waals surface area (Å²) in [4.78, 5) is 19.5. The highest BCUT2D eigenvalue weighted by atomic mass is 16.5. The van der Waals surface area contributed by atoms with Crippen LogP contribution in [-0.2, 0) is 11.2 Å². The zero-order valence-corrected chi connectivity index (χ0v) is 16.3. The van der Waals surface area contributed by atoms with E-state index in [0.29, 0.717) is 6.42 Å². The number of fused-ring (bicyclic) bond motifs is 6. The van der Waals surface area contributed by atoms with Gasteiger partial charge in [-0.05, 0) is 31.4 Å². The monoisotopic (exact) mass is 376 g/mol. The van der Waals surface area contributed by atoms with Crippen LogP contribution in [0.1, 0.15) is 49.9 Å². The number of hydrogen-bond donors (Lipinski definition) is 0. The largest absolute Gasteiger partial charge is 0.496 e. The minimum atomic E-state index is 0.142. The van der Waals surface area contributed by atoms with Crippen LogP contribution in [0.4, 0.5) is 0 Å². The average molecular weight is 376 g/mol. The molecule has 5 rings (SSSR count). The second-order valence-electron chi connectivity index (χ2n) is 7.66. The highest BCUT2D eigenvalue weighted by Gasteiger charge is 2.43. The van der Waals surface area contributed by atoms with Gasteiger partial charge in [-0.1, -0.05) is 19.1 Å². The van der Waals surface area contributed by atoms with E-state index in [0.717, 1.165) is 53.9 Å². The second-order valence-corrected chi connectivity index (χ2v) is 7.66. The fourth-order valence-corrected chi connectivity index (χ4v) is 4.80. The Bertz CT molecular complexity index is 1060. The fraction of sp³-hybridized carbons (Fsp3) is 0.409. The van der Waals surface area contributed by atoms with Crippen molar-refractivity contribution in [1.82, 2.24) is 19.5 Å². The summed E-state index contributed by atoms with van der Waals surface area (Å²) in [5, 5.41) is 4.88. The average Bonchev–Trinajstić information content (AvgIpc) is 3.29. The first-order valence-electron chi connectivity index (χ1n) is 10.0. The molecule has 1 fully saturated rings. The van der Waals surface area contributed by atoms with Gasteiger partial charge in [-0.3, -0.25) is 4.79 Å². The van der Waals surface area contributed by atoms with Crippen molar-refractivity contribution in [3.8, 4) is 17.0 Å². The number of carbonyl (C=O) groups excluding carboxylic acids is 1. The third-order valence-corrected chi connectivity index (χ3v) is 6.04. The Labute approximate surface area is 164 Å². The predicted octanol–water partition coefficient (Wildman–Crippen LogP) is 3.79. The molecular formula is C22H24N4O2. The lowest BCUT2D eigenvalue weighted by Crippen LogP contribution is -2.42. The van der Waals surface area contributed by atoms with Crippen molar-refractivity contribution in [2.45, 2.75) is 51.1 Å². The first-order chi connectivity index (χ1) is 13.7. The molecule has 0 N–H and O–H groups in total. The van der Waals surface area contributed by atoms with Gasteiger partial charge < -0.3 is 9.64 Å². The highest BCUT2D eigenvalue weighted by Crippen LogP contribution is 2.44. The molecule has 0 saturated carbocycles. The van der Waals surface area contributed by atoms with Crippen molar-refractivity contribution in [2.75, 3.05) is 7.11 Å². The zero-order chi connectivity index (χ0) is 19.3. The Kier molecular flexibility index (Phi) is 4.07. The number of nitrogens with zero attached hydrogens (tertiary/aromatic N) is 4. The molecule has 2 aliphatic heterocycles. The lowest BCUT2D eigenvalue weighted by atomic mass is 9.98. The summed E-state index contributed by atoms with van der Waals surface area (Å²) in [6.07, 6.45) is 6.38. The quantitative estimate of drug-likeness (QED) is 0.695. The zero-order valence-electron chi connectivity index (χ0n) is 16.3. The maximum absolute atomic E-state index is 12.7. The molecule has 2 bridgehead atoms. The summed E-state index contributed by atoms with van der Waals surface area (Å²) in [6.45, 7) is 2.06. The lowest BCUT2D eigenvalue weighted by molar-refractivity contribution is -0.134. The number of para-hydroxylation sites is 1. The third-order valence-electron chi connectivity index (χ3n) is 6.04. The minimum Gasteiger partial charge on any atom is -0.496 e. The number of benzene rings is 1. The van der Waals surface area contributed by atoms with Crippen LogP contribution in [0.2, 0.25) is 0 Å². The smallest absolute Gasteiger partial charge is 0.223 e. The standard InChI is InChI=1S/C22H24N4O2/c1-3-6-22(27)25-14-9-10-18(25)16-13-23-21-12-17(24-26(21)19(16)11-14)15-7-4-5-8-20(15)28-2/h4-5,7-8,12-14,18H,3,6,9-11H2,1-2H3/t14-,18+/m1/s1. The molecule has 0 radical (unpaired) electrons. The molecule has 1 saturated heterocycles. The molecule has 6 nitrogen and oxygen atoms in total. The molecule has 1 amide bonds. The second kappa shape index (κ2) is 6.62. The van der Waals surface area contributed by atoms with Crippen LogP contribution in [0, 0.1) is 0 Å². The van der Waals surface area contributed by atoms with Crippen molar-refractivity contribution in [3.05, 3.63) is 47.8 Å². The number of methoxy groups -OCH3 is 1. The summed E-state index contributed by atoms with van der Waals surface area (Å²) < 4.78 is 7.48. The van der Waals surface area contributed by atoms with E-state index in [-0.39, 0.29) is 18.0 Å². The van der Waals surface area contributed by atoms with Crippen LogP contribution in [0.25, 0.3) is 16.9 Å². The summed E-state index contributed by atoms with van der Waals surface area (Å²) in [5.41, 5.74) is 5.00. The number of rotatable bonds is 4. The van der Waals surface area contributed by atoms with Gasteiger partial charge in [0.15, 0.2) is 5.65 Å². The van der Waals surface area contributed by atoms with Crippen molar-refractivity contribution < 1.29 is 9.53 Å². The van der Waals surface area contributed by atoms with Gasteiger partial charge >= 0.3 is 0 Å². The van der Waals surface area contributed by atoms with Crippen molar-refractivity contribution in [3.63, 3.8) is 0 Å². The molecule has 0 aliphatic carbocycles. The van der Waals surface area contributed by atoms with Gasteiger partial charge in [0.1, 0.15) is 5.75 Å². The van der Waals surface area contributed by atoms with Gasteiger partial charge in [0.2, 0.25) is 5.91 Å².